The van der Waals surface area contributed by atoms with Crippen LogP contribution in [0, 0.1) is 5.92 Å². The van der Waals surface area contributed by atoms with Gasteiger partial charge in [-0.1, -0.05) is 26.8 Å². The molecule has 112 valence electrons. The first-order valence-corrected chi connectivity index (χ1v) is 7.14. The zero-order valence-electron chi connectivity index (χ0n) is 12.6. The first-order chi connectivity index (χ1) is 9.45. The first kappa shape index (κ1) is 16.6. The van der Waals surface area contributed by atoms with Crippen LogP contribution in [0.25, 0.3) is 0 Å². The van der Waals surface area contributed by atoms with Crippen molar-refractivity contribution in [2.75, 3.05) is 13.1 Å². The Morgan fingerprint density at radius 1 is 1.40 bits per heavy atom. The summed E-state index contributed by atoms with van der Waals surface area (Å²) in [7, 11) is 0. The van der Waals surface area contributed by atoms with Gasteiger partial charge in [0, 0.05) is 18.8 Å². The van der Waals surface area contributed by atoms with E-state index in [4.69, 9.17) is 11.5 Å². The highest BCUT2D eigenvalue weighted by Crippen LogP contribution is 2.24. The number of aromatic nitrogens is 1. The van der Waals surface area contributed by atoms with Gasteiger partial charge in [-0.25, -0.2) is 0 Å². The molecule has 1 amide bonds. The van der Waals surface area contributed by atoms with Crippen LogP contribution in [0.15, 0.2) is 24.4 Å². The Hall–Kier alpha value is -1.46. The van der Waals surface area contributed by atoms with Crippen molar-refractivity contribution in [3.63, 3.8) is 0 Å². The maximum absolute atomic E-state index is 11.4. The van der Waals surface area contributed by atoms with E-state index in [9.17, 15) is 4.79 Å². The summed E-state index contributed by atoms with van der Waals surface area (Å²) in [6, 6.07) is 5.60. The quantitative estimate of drug-likeness (QED) is 0.750. The molecule has 5 heteroatoms. The summed E-state index contributed by atoms with van der Waals surface area (Å²) in [5, 5.41) is 0. The molecular formula is C15H26N4O. The monoisotopic (exact) mass is 278 g/mol. The van der Waals surface area contributed by atoms with Gasteiger partial charge in [0.25, 0.3) is 0 Å². The molecule has 0 bridgehead atoms. The SMILES string of the molecule is CCC(N)C(c1ccccn1)N(CC(N)=O)CC(C)C. The minimum Gasteiger partial charge on any atom is -0.369 e. The molecule has 0 fully saturated rings. The van der Waals surface area contributed by atoms with Crippen LogP contribution in [0.3, 0.4) is 0 Å². The van der Waals surface area contributed by atoms with Crippen molar-refractivity contribution in [3.05, 3.63) is 30.1 Å². The maximum atomic E-state index is 11.4. The Morgan fingerprint density at radius 2 is 2.10 bits per heavy atom. The zero-order chi connectivity index (χ0) is 15.1. The van der Waals surface area contributed by atoms with E-state index in [-0.39, 0.29) is 24.5 Å². The zero-order valence-corrected chi connectivity index (χ0v) is 12.6. The van der Waals surface area contributed by atoms with Crippen LogP contribution < -0.4 is 11.5 Å². The number of rotatable bonds is 8. The molecular weight excluding hydrogens is 252 g/mol. The van der Waals surface area contributed by atoms with E-state index in [0.717, 1.165) is 18.7 Å². The molecule has 5 nitrogen and oxygen atoms in total. The smallest absolute Gasteiger partial charge is 0.231 e. The van der Waals surface area contributed by atoms with Crippen molar-refractivity contribution < 1.29 is 4.79 Å². The average Bonchev–Trinajstić information content (AvgIpc) is 2.38. The summed E-state index contributed by atoms with van der Waals surface area (Å²) in [6.07, 6.45) is 2.57. The Kier molecular flexibility index (Phi) is 6.61. The van der Waals surface area contributed by atoms with Gasteiger partial charge in [0.2, 0.25) is 5.91 Å². The van der Waals surface area contributed by atoms with Crippen LogP contribution >= 0.6 is 0 Å². The molecule has 0 radical (unpaired) electrons. The largest absolute Gasteiger partial charge is 0.369 e. The highest BCUT2D eigenvalue weighted by molar-refractivity contribution is 5.76. The number of nitrogens with zero attached hydrogens (tertiary/aromatic N) is 2. The fraction of sp³-hybridized carbons (Fsp3) is 0.600. The van der Waals surface area contributed by atoms with Gasteiger partial charge in [-0.2, -0.15) is 0 Å². The summed E-state index contributed by atoms with van der Waals surface area (Å²) in [6.45, 7) is 7.23. The van der Waals surface area contributed by atoms with Gasteiger partial charge in [-0.05, 0) is 24.5 Å². The minimum atomic E-state index is -0.338. The first-order valence-electron chi connectivity index (χ1n) is 7.14. The molecule has 0 aliphatic heterocycles. The molecule has 0 aliphatic rings. The van der Waals surface area contributed by atoms with Gasteiger partial charge in [0.05, 0.1) is 18.3 Å². The molecule has 0 aliphatic carbocycles. The summed E-state index contributed by atoms with van der Waals surface area (Å²) < 4.78 is 0. The number of nitrogens with two attached hydrogens (primary N) is 2. The van der Waals surface area contributed by atoms with Crippen molar-refractivity contribution in [3.8, 4) is 0 Å². The van der Waals surface area contributed by atoms with Crippen molar-refractivity contribution in [1.29, 1.82) is 0 Å². The van der Waals surface area contributed by atoms with E-state index in [2.05, 4.69) is 18.8 Å². The number of pyridine rings is 1. The molecule has 1 rings (SSSR count). The minimum absolute atomic E-state index is 0.0806. The van der Waals surface area contributed by atoms with Crippen molar-refractivity contribution in [1.82, 2.24) is 9.88 Å². The molecule has 0 saturated carbocycles. The highest BCUT2D eigenvalue weighted by Gasteiger charge is 2.28. The molecule has 20 heavy (non-hydrogen) atoms. The lowest BCUT2D eigenvalue weighted by molar-refractivity contribution is -0.120. The Bertz CT molecular complexity index is 408. The van der Waals surface area contributed by atoms with Gasteiger partial charge < -0.3 is 11.5 Å². The fourth-order valence-electron chi connectivity index (χ4n) is 2.40. The third-order valence-corrected chi connectivity index (χ3v) is 3.22. The van der Waals surface area contributed by atoms with Crippen LogP contribution in [0.2, 0.25) is 0 Å². The van der Waals surface area contributed by atoms with Crippen molar-refractivity contribution in [2.45, 2.75) is 39.3 Å². The number of hydrogen-bond donors (Lipinski definition) is 2. The van der Waals surface area contributed by atoms with E-state index < -0.39 is 0 Å². The second-order valence-corrected chi connectivity index (χ2v) is 5.56. The third kappa shape index (κ3) is 4.90. The topological polar surface area (TPSA) is 85.2 Å². The van der Waals surface area contributed by atoms with E-state index in [1.54, 1.807) is 6.20 Å². The lowest BCUT2D eigenvalue weighted by atomic mass is 9.99. The van der Waals surface area contributed by atoms with Gasteiger partial charge in [0.15, 0.2) is 0 Å². The van der Waals surface area contributed by atoms with Crippen LogP contribution in [0.5, 0.6) is 0 Å². The van der Waals surface area contributed by atoms with Crippen LogP contribution in [0.4, 0.5) is 0 Å². The lowest BCUT2D eigenvalue weighted by Gasteiger charge is -2.35. The molecule has 4 N–H and O–H groups in total. The van der Waals surface area contributed by atoms with Gasteiger partial charge in [0.1, 0.15) is 0 Å². The van der Waals surface area contributed by atoms with E-state index in [1.165, 1.54) is 0 Å². The van der Waals surface area contributed by atoms with Gasteiger partial charge >= 0.3 is 0 Å². The van der Waals surface area contributed by atoms with E-state index in [0.29, 0.717) is 5.92 Å². The van der Waals surface area contributed by atoms with E-state index in [1.807, 2.05) is 30.0 Å². The molecule has 0 spiro atoms. The maximum Gasteiger partial charge on any atom is 0.231 e. The molecule has 1 heterocycles. The molecule has 1 aromatic rings. The molecule has 1 aromatic heterocycles. The number of amides is 1. The third-order valence-electron chi connectivity index (χ3n) is 3.22. The average molecular weight is 278 g/mol. The Morgan fingerprint density at radius 3 is 2.55 bits per heavy atom. The van der Waals surface area contributed by atoms with Gasteiger partial charge in [-0.15, -0.1) is 0 Å². The Labute approximate surface area is 121 Å². The van der Waals surface area contributed by atoms with Crippen molar-refractivity contribution >= 4 is 5.91 Å². The molecule has 2 unspecified atom stereocenters. The predicted octanol–water partition coefficient (Wildman–Crippen LogP) is 1.30. The molecule has 2 atom stereocenters. The lowest BCUT2D eigenvalue weighted by Crippen LogP contribution is -2.46. The summed E-state index contributed by atoms with van der Waals surface area (Å²) in [4.78, 5) is 17.8. The second-order valence-electron chi connectivity index (χ2n) is 5.56. The van der Waals surface area contributed by atoms with Crippen LogP contribution in [0.1, 0.15) is 38.9 Å². The Balaban J connectivity index is 3.07. The fourth-order valence-corrected chi connectivity index (χ4v) is 2.40. The standard InChI is InChI=1S/C15H26N4O/c1-4-12(16)15(13-7-5-6-8-18-13)19(9-11(2)3)10-14(17)20/h5-8,11-12,15H,4,9-10,16H2,1-3H3,(H2,17,20). The molecule has 0 aromatic carbocycles. The second kappa shape index (κ2) is 7.97. The normalized spacial score (nSPS) is 14.5. The van der Waals surface area contributed by atoms with Crippen molar-refractivity contribution in [2.24, 2.45) is 17.4 Å². The number of carbonyl (C=O) groups excluding carboxylic acids is 1. The van der Waals surface area contributed by atoms with Crippen LogP contribution in [-0.4, -0.2) is 34.9 Å². The summed E-state index contributed by atoms with van der Waals surface area (Å²) in [5.74, 6) is 0.0829. The number of hydrogen-bond acceptors (Lipinski definition) is 4. The number of carbonyl (C=O) groups is 1. The highest BCUT2D eigenvalue weighted by atomic mass is 16.1. The van der Waals surface area contributed by atoms with Gasteiger partial charge in [-0.3, -0.25) is 14.7 Å². The van der Waals surface area contributed by atoms with Crippen LogP contribution in [-0.2, 0) is 4.79 Å². The number of primary amides is 1. The molecule has 0 saturated heterocycles. The predicted molar refractivity (Wildman–Crippen MR) is 80.8 cm³/mol. The summed E-state index contributed by atoms with van der Waals surface area (Å²) >= 11 is 0. The summed E-state index contributed by atoms with van der Waals surface area (Å²) in [5.41, 5.74) is 12.5. The van der Waals surface area contributed by atoms with E-state index >= 15 is 0 Å².